The molecule has 2 aromatic heterocycles. The van der Waals surface area contributed by atoms with Gasteiger partial charge in [-0.05, 0) is 56.5 Å². The molecule has 0 aromatic carbocycles. The Morgan fingerprint density at radius 1 is 1.14 bits per heavy atom. The average molecular weight is 380 g/mol. The van der Waals surface area contributed by atoms with Gasteiger partial charge in [-0.15, -0.1) is 0 Å². The first-order valence-corrected chi connectivity index (χ1v) is 10.2. The van der Waals surface area contributed by atoms with Crippen molar-refractivity contribution in [2.24, 2.45) is 0 Å². The van der Waals surface area contributed by atoms with Crippen LogP contribution in [0.2, 0.25) is 0 Å². The highest BCUT2D eigenvalue weighted by atomic mass is 16.5. The van der Waals surface area contributed by atoms with E-state index < -0.39 is 0 Å². The van der Waals surface area contributed by atoms with E-state index in [9.17, 15) is 4.79 Å². The van der Waals surface area contributed by atoms with E-state index in [0.717, 1.165) is 69.9 Å². The molecule has 0 bridgehead atoms. The molecule has 4 heterocycles. The number of piperidine rings is 1. The second-order valence-corrected chi connectivity index (χ2v) is 7.73. The minimum absolute atomic E-state index is 0.0358. The van der Waals surface area contributed by atoms with E-state index >= 15 is 0 Å². The summed E-state index contributed by atoms with van der Waals surface area (Å²) in [7, 11) is 0. The second kappa shape index (κ2) is 9.26. The molecule has 4 rings (SSSR count). The molecule has 148 valence electrons. The van der Waals surface area contributed by atoms with Gasteiger partial charge >= 0.3 is 0 Å². The lowest BCUT2D eigenvalue weighted by Crippen LogP contribution is -2.39. The zero-order valence-electron chi connectivity index (χ0n) is 16.2. The molecule has 28 heavy (non-hydrogen) atoms. The van der Waals surface area contributed by atoms with Crippen LogP contribution in [0, 0.1) is 0 Å². The number of hydrogen-bond acceptors (Lipinski definition) is 5. The lowest BCUT2D eigenvalue weighted by atomic mass is 9.94. The number of carbonyl (C=O) groups excluding carboxylic acids is 1. The van der Waals surface area contributed by atoms with Crippen molar-refractivity contribution in [3.8, 4) is 0 Å². The van der Waals surface area contributed by atoms with Crippen molar-refractivity contribution in [3.05, 3.63) is 59.7 Å². The monoisotopic (exact) mass is 380 g/mol. The maximum Gasteiger partial charge on any atom is 0.253 e. The van der Waals surface area contributed by atoms with Crippen LogP contribution >= 0.6 is 0 Å². The summed E-state index contributed by atoms with van der Waals surface area (Å²) in [6.07, 6.45) is 7.63. The van der Waals surface area contributed by atoms with Gasteiger partial charge in [-0.25, -0.2) is 0 Å². The molecule has 0 aliphatic carbocycles. The predicted octanol–water partition coefficient (Wildman–Crippen LogP) is 2.77. The average Bonchev–Trinajstić information content (AvgIpc) is 2.75. The minimum atomic E-state index is -0.0358. The lowest BCUT2D eigenvalue weighted by Gasteiger charge is -2.32. The van der Waals surface area contributed by atoms with Crippen molar-refractivity contribution in [3.63, 3.8) is 0 Å². The summed E-state index contributed by atoms with van der Waals surface area (Å²) >= 11 is 0. The first kappa shape index (κ1) is 19.0. The van der Waals surface area contributed by atoms with Gasteiger partial charge in [0.2, 0.25) is 0 Å². The molecule has 2 fully saturated rings. The third-order valence-electron chi connectivity index (χ3n) is 5.64. The Hall–Kier alpha value is -2.31. The van der Waals surface area contributed by atoms with Crippen LogP contribution in [0.3, 0.4) is 0 Å². The Labute approximate surface area is 166 Å². The summed E-state index contributed by atoms with van der Waals surface area (Å²) in [5.41, 5.74) is 2.82. The van der Waals surface area contributed by atoms with E-state index in [4.69, 9.17) is 4.74 Å². The molecule has 1 atom stereocenters. The van der Waals surface area contributed by atoms with Crippen molar-refractivity contribution in [1.82, 2.24) is 20.2 Å². The van der Waals surface area contributed by atoms with Gasteiger partial charge in [0.1, 0.15) is 0 Å². The molecular formula is C22H28N4O2. The van der Waals surface area contributed by atoms with Crippen LogP contribution in [0.1, 0.15) is 53.3 Å². The highest BCUT2D eigenvalue weighted by molar-refractivity contribution is 5.94. The van der Waals surface area contributed by atoms with Crippen molar-refractivity contribution < 1.29 is 9.53 Å². The highest BCUT2D eigenvalue weighted by Crippen LogP contribution is 2.26. The number of hydrogen-bond donors (Lipinski definition) is 1. The van der Waals surface area contributed by atoms with Crippen LogP contribution in [0.4, 0.5) is 0 Å². The van der Waals surface area contributed by atoms with Gasteiger partial charge in [-0.3, -0.25) is 19.7 Å². The summed E-state index contributed by atoms with van der Waals surface area (Å²) in [6, 6.07) is 10.2. The number of pyridine rings is 2. The Kier molecular flexibility index (Phi) is 6.29. The number of aromatic nitrogens is 2. The molecule has 2 aliphatic rings. The normalized spacial score (nSPS) is 21.4. The molecule has 2 saturated heterocycles. The molecule has 1 amide bonds. The quantitative estimate of drug-likeness (QED) is 0.864. The van der Waals surface area contributed by atoms with E-state index in [0.29, 0.717) is 11.5 Å². The van der Waals surface area contributed by atoms with Gasteiger partial charge in [-0.2, -0.15) is 0 Å². The maximum atomic E-state index is 12.4. The Morgan fingerprint density at radius 3 is 2.79 bits per heavy atom. The fourth-order valence-electron chi connectivity index (χ4n) is 4.05. The molecule has 0 radical (unpaired) electrons. The molecule has 1 unspecified atom stereocenters. The van der Waals surface area contributed by atoms with Gasteiger partial charge < -0.3 is 10.1 Å². The van der Waals surface area contributed by atoms with Gasteiger partial charge in [0.15, 0.2) is 0 Å². The van der Waals surface area contributed by atoms with Crippen LogP contribution in [0.25, 0.3) is 0 Å². The summed E-state index contributed by atoms with van der Waals surface area (Å²) in [5.74, 6) is 0.372. The highest BCUT2D eigenvalue weighted by Gasteiger charge is 2.23. The summed E-state index contributed by atoms with van der Waals surface area (Å²) in [5, 5.41) is 3.09. The molecule has 0 saturated carbocycles. The number of likely N-dealkylation sites (tertiary alicyclic amines) is 1. The van der Waals surface area contributed by atoms with Crippen LogP contribution in [-0.4, -0.2) is 53.1 Å². The van der Waals surface area contributed by atoms with E-state index in [-0.39, 0.29) is 11.9 Å². The van der Waals surface area contributed by atoms with E-state index in [2.05, 4.69) is 26.3 Å². The van der Waals surface area contributed by atoms with E-state index in [1.165, 1.54) is 0 Å². The molecule has 1 N–H and O–H groups in total. The largest absolute Gasteiger partial charge is 0.381 e. The van der Waals surface area contributed by atoms with Crippen molar-refractivity contribution >= 4 is 5.91 Å². The van der Waals surface area contributed by atoms with E-state index in [1.807, 2.05) is 30.5 Å². The van der Waals surface area contributed by atoms with Crippen LogP contribution in [0.15, 0.2) is 42.7 Å². The number of amides is 1. The van der Waals surface area contributed by atoms with Gasteiger partial charge in [-0.1, -0.05) is 6.07 Å². The van der Waals surface area contributed by atoms with Crippen molar-refractivity contribution in [2.75, 3.05) is 26.3 Å². The number of nitrogens with zero attached hydrogens (tertiary/aromatic N) is 3. The fraction of sp³-hybridized carbons (Fsp3) is 0.500. The van der Waals surface area contributed by atoms with E-state index in [1.54, 1.807) is 6.20 Å². The Morgan fingerprint density at radius 2 is 2.04 bits per heavy atom. The minimum Gasteiger partial charge on any atom is -0.381 e. The topological polar surface area (TPSA) is 67.3 Å². The van der Waals surface area contributed by atoms with Crippen LogP contribution in [-0.2, 0) is 11.3 Å². The third-order valence-corrected chi connectivity index (χ3v) is 5.64. The van der Waals surface area contributed by atoms with Gasteiger partial charge in [0.05, 0.1) is 11.3 Å². The number of ether oxygens (including phenoxy) is 1. The number of carbonyl (C=O) groups is 1. The molecule has 2 aromatic rings. The Balaban J connectivity index is 1.34. The fourth-order valence-corrected chi connectivity index (χ4v) is 4.05. The second-order valence-electron chi connectivity index (χ2n) is 7.73. The standard InChI is InChI=1S/C22H28N4O2/c27-22(25-19-8-12-28-13-9-19)17-6-7-21(24-14-17)18-4-3-11-26(15-18)16-20-5-1-2-10-23-20/h1-2,5-7,10,14,18-19H,3-4,8-9,11-13,15-16H2,(H,25,27). The van der Waals surface area contributed by atoms with Gasteiger partial charge in [0, 0.05) is 56.4 Å². The molecule has 2 aliphatic heterocycles. The SMILES string of the molecule is O=C(NC1CCOCC1)c1ccc(C2CCCN(Cc3ccccn3)C2)nc1. The summed E-state index contributed by atoms with van der Waals surface area (Å²) < 4.78 is 5.34. The van der Waals surface area contributed by atoms with Gasteiger partial charge in [0.25, 0.3) is 5.91 Å². The summed E-state index contributed by atoms with van der Waals surface area (Å²) in [6.45, 7) is 4.40. The first-order valence-electron chi connectivity index (χ1n) is 10.2. The zero-order valence-corrected chi connectivity index (χ0v) is 16.2. The van der Waals surface area contributed by atoms with Crippen LogP contribution in [0.5, 0.6) is 0 Å². The molecular weight excluding hydrogens is 352 g/mol. The zero-order chi connectivity index (χ0) is 19.2. The predicted molar refractivity (Wildman–Crippen MR) is 107 cm³/mol. The molecule has 6 nitrogen and oxygen atoms in total. The smallest absolute Gasteiger partial charge is 0.253 e. The molecule has 0 spiro atoms. The molecule has 6 heteroatoms. The number of nitrogens with one attached hydrogen (secondary N) is 1. The first-order chi connectivity index (χ1) is 13.8. The van der Waals surface area contributed by atoms with Crippen molar-refractivity contribution in [1.29, 1.82) is 0 Å². The lowest BCUT2D eigenvalue weighted by molar-refractivity contribution is 0.0696. The number of rotatable bonds is 5. The Bertz CT molecular complexity index is 760. The maximum absolute atomic E-state index is 12.4. The van der Waals surface area contributed by atoms with Crippen molar-refractivity contribution in [2.45, 2.75) is 44.2 Å². The summed E-state index contributed by atoms with van der Waals surface area (Å²) in [4.78, 5) is 24.0. The van der Waals surface area contributed by atoms with Crippen LogP contribution < -0.4 is 5.32 Å². The third kappa shape index (κ3) is 4.94.